The van der Waals surface area contributed by atoms with E-state index in [-0.39, 0.29) is 5.75 Å². The van der Waals surface area contributed by atoms with Crippen LogP contribution in [0.5, 0.6) is 34.5 Å². The van der Waals surface area contributed by atoms with Gasteiger partial charge in [0.1, 0.15) is 17.2 Å². The van der Waals surface area contributed by atoms with Crippen molar-refractivity contribution in [2.24, 2.45) is 10.8 Å². The number of aromatic nitrogens is 1. The number of urea groups is 1. The summed E-state index contributed by atoms with van der Waals surface area (Å²) in [5.41, 5.74) is 6.83. The summed E-state index contributed by atoms with van der Waals surface area (Å²) in [6.45, 7) is 4.81. The summed E-state index contributed by atoms with van der Waals surface area (Å²) in [4.78, 5) is 19.0. The number of rotatable bonds is 13. The molecule has 2 heterocycles. The van der Waals surface area contributed by atoms with E-state index in [1.807, 2.05) is 0 Å². The van der Waals surface area contributed by atoms with Crippen LogP contribution in [0.25, 0.3) is 10.9 Å². The first-order valence-corrected chi connectivity index (χ1v) is 14.6. The van der Waals surface area contributed by atoms with Gasteiger partial charge in [-0.25, -0.2) is 9.18 Å². The molecule has 1 aromatic heterocycles. The van der Waals surface area contributed by atoms with Crippen LogP contribution in [0.2, 0.25) is 0 Å². The number of morpholine rings is 1. The SMILES string of the molecule is COc1cc(OC)cc(N(N=Cc2ccc(Oc3ccnc4cc(OCCCN5CCOCC5)c(OC)cc34)c(F)c2)C(N)=O)c1. The fourth-order valence-corrected chi connectivity index (χ4v) is 4.87. The number of carbonyl (C=O) groups excluding carboxylic acids is 1. The molecule has 4 aromatic rings. The molecule has 0 aliphatic carbocycles. The number of ether oxygens (including phenoxy) is 6. The van der Waals surface area contributed by atoms with Gasteiger partial charge in [-0.15, -0.1) is 0 Å². The molecule has 2 N–H and O–H groups in total. The molecular formula is C33H36FN5O7. The van der Waals surface area contributed by atoms with Crippen LogP contribution in [0.15, 0.2) is 65.9 Å². The standard InChI is InChI=1S/C33H36FN5O7/c1-41-24-16-23(17-25(18-24)42-2)39(33(35)40)37-21-22-5-6-30(27(34)15-22)46-29-7-8-36-28-20-32(31(43-3)19-26(28)29)45-12-4-9-38-10-13-44-14-11-38/h5-8,15-21H,4,9-14H2,1-3H3,(H2,35,40). The van der Waals surface area contributed by atoms with Gasteiger partial charge < -0.3 is 34.2 Å². The van der Waals surface area contributed by atoms with E-state index in [0.29, 0.717) is 57.5 Å². The van der Waals surface area contributed by atoms with Crippen LogP contribution in [-0.4, -0.2) is 82.9 Å². The number of hydrazone groups is 1. The summed E-state index contributed by atoms with van der Waals surface area (Å²) in [7, 11) is 4.52. The van der Waals surface area contributed by atoms with Gasteiger partial charge in [0.15, 0.2) is 23.1 Å². The van der Waals surface area contributed by atoms with Gasteiger partial charge in [0.2, 0.25) is 0 Å². The Labute approximate surface area is 266 Å². The quantitative estimate of drug-likeness (QED) is 0.120. The average Bonchev–Trinajstić information content (AvgIpc) is 3.07. The average molecular weight is 634 g/mol. The summed E-state index contributed by atoms with van der Waals surface area (Å²) in [5.74, 6) is 1.67. The molecule has 0 spiro atoms. The summed E-state index contributed by atoms with van der Waals surface area (Å²) >= 11 is 0. The van der Waals surface area contributed by atoms with Gasteiger partial charge in [-0.05, 0) is 42.3 Å². The number of carbonyl (C=O) groups is 1. The highest BCUT2D eigenvalue weighted by molar-refractivity contribution is 5.93. The lowest BCUT2D eigenvalue weighted by Gasteiger charge is -2.26. The number of anilines is 1. The Hall–Kier alpha value is -5.14. The number of hydrogen-bond donors (Lipinski definition) is 1. The third-order valence-corrected chi connectivity index (χ3v) is 7.25. The van der Waals surface area contributed by atoms with Crippen LogP contribution in [0.1, 0.15) is 12.0 Å². The van der Waals surface area contributed by atoms with Gasteiger partial charge in [-0.1, -0.05) is 0 Å². The molecule has 0 saturated carbocycles. The van der Waals surface area contributed by atoms with Crippen LogP contribution >= 0.6 is 0 Å². The molecule has 1 aliphatic rings. The van der Waals surface area contributed by atoms with Gasteiger partial charge in [-0.2, -0.15) is 10.1 Å². The van der Waals surface area contributed by atoms with Gasteiger partial charge in [0, 0.05) is 55.5 Å². The topological polar surface area (TPSA) is 130 Å². The Kier molecular flexibility index (Phi) is 10.7. The Bertz CT molecular complexity index is 1670. The lowest BCUT2D eigenvalue weighted by atomic mass is 10.1. The van der Waals surface area contributed by atoms with Gasteiger partial charge in [0.05, 0.1) is 58.6 Å². The van der Waals surface area contributed by atoms with E-state index in [2.05, 4.69) is 15.0 Å². The van der Waals surface area contributed by atoms with Crippen LogP contribution in [0.4, 0.5) is 14.9 Å². The molecular weight excluding hydrogens is 597 g/mol. The number of nitrogens with zero attached hydrogens (tertiary/aromatic N) is 4. The van der Waals surface area contributed by atoms with Crippen molar-refractivity contribution in [1.29, 1.82) is 0 Å². The number of amides is 2. The van der Waals surface area contributed by atoms with E-state index in [9.17, 15) is 4.79 Å². The van der Waals surface area contributed by atoms with Gasteiger partial charge in [0.25, 0.3) is 0 Å². The van der Waals surface area contributed by atoms with E-state index in [4.69, 9.17) is 34.2 Å². The molecule has 242 valence electrons. The van der Waals surface area contributed by atoms with Crippen molar-refractivity contribution in [2.45, 2.75) is 6.42 Å². The molecule has 1 fully saturated rings. The zero-order valence-electron chi connectivity index (χ0n) is 25.9. The van der Waals surface area contributed by atoms with Crippen LogP contribution in [0.3, 0.4) is 0 Å². The lowest BCUT2D eigenvalue weighted by molar-refractivity contribution is 0.0357. The largest absolute Gasteiger partial charge is 0.497 e. The van der Waals surface area contributed by atoms with Crippen LogP contribution < -0.4 is 34.4 Å². The first-order chi connectivity index (χ1) is 22.4. The molecule has 2 amide bonds. The molecule has 0 radical (unpaired) electrons. The predicted molar refractivity (Wildman–Crippen MR) is 171 cm³/mol. The summed E-state index contributed by atoms with van der Waals surface area (Å²) in [6, 6.07) is 13.4. The lowest BCUT2D eigenvalue weighted by Crippen LogP contribution is -2.37. The van der Waals surface area contributed by atoms with Gasteiger partial charge in [-0.3, -0.25) is 9.88 Å². The second-order valence-corrected chi connectivity index (χ2v) is 10.2. The summed E-state index contributed by atoms with van der Waals surface area (Å²) in [6.07, 6.45) is 3.74. The highest BCUT2D eigenvalue weighted by Crippen LogP contribution is 2.38. The number of primary amides is 1. The smallest absolute Gasteiger partial charge is 0.340 e. The van der Waals surface area contributed by atoms with Crippen molar-refractivity contribution < 1.29 is 37.6 Å². The van der Waals surface area contributed by atoms with E-state index in [0.717, 1.165) is 44.3 Å². The zero-order chi connectivity index (χ0) is 32.5. The molecule has 12 nitrogen and oxygen atoms in total. The maximum atomic E-state index is 15.3. The minimum Gasteiger partial charge on any atom is -0.497 e. The molecule has 1 saturated heterocycles. The van der Waals surface area contributed by atoms with Crippen molar-refractivity contribution in [1.82, 2.24) is 9.88 Å². The van der Waals surface area contributed by atoms with Crippen molar-refractivity contribution in [3.8, 4) is 34.5 Å². The monoisotopic (exact) mass is 633 g/mol. The third-order valence-electron chi connectivity index (χ3n) is 7.25. The van der Waals surface area contributed by atoms with E-state index < -0.39 is 11.8 Å². The number of nitrogens with two attached hydrogens (primary N) is 1. The third kappa shape index (κ3) is 7.92. The normalized spacial score (nSPS) is 13.5. The number of pyridine rings is 1. The van der Waals surface area contributed by atoms with Crippen LogP contribution in [0, 0.1) is 5.82 Å². The molecule has 13 heteroatoms. The maximum Gasteiger partial charge on any atom is 0.340 e. The minimum atomic E-state index is -0.853. The zero-order valence-corrected chi connectivity index (χ0v) is 25.9. The second kappa shape index (κ2) is 15.2. The Balaban J connectivity index is 1.30. The minimum absolute atomic E-state index is 0.0173. The Morgan fingerprint density at radius 3 is 2.41 bits per heavy atom. The van der Waals surface area contributed by atoms with E-state index >= 15 is 4.39 Å². The van der Waals surface area contributed by atoms with Crippen molar-refractivity contribution in [3.63, 3.8) is 0 Å². The first-order valence-electron chi connectivity index (χ1n) is 14.6. The Morgan fingerprint density at radius 1 is 0.978 bits per heavy atom. The number of benzene rings is 3. The molecule has 0 bridgehead atoms. The first kappa shape index (κ1) is 32.3. The van der Waals surface area contributed by atoms with E-state index in [1.54, 1.807) is 55.8 Å². The summed E-state index contributed by atoms with van der Waals surface area (Å²) in [5, 5.41) is 5.73. The number of methoxy groups -OCH3 is 3. The molecule has 3 aromatic carbocycles. The number of fused-ring (bicyclic) bond motifs is 1. The predicted octanol–water partition coefficient (Wildman–Crippen LogP) is 5.21. The molecule has 1 aliphatic heterocycles. The Morgan fingerprint density at radius 2 is 1.74 bits per heavy atom. The highest BCUT2D eigenvalue weighted by Gasteiger charge is 2.16. The molecule has 46 heavy (non-hydrogen) atoms. The number of hydrogen-bond acceptors (Lipinski definition) is 10. The molecule has 5 rings (SSSR count). The van der Waals surface area contributed by atoms with E-state index in [1.165, 1.54) is 32.6 Å². The fraction of sp³-hybridized carbons (Fsp3) is 0.303. The maximum absolute atomic E-state index is 15.3. The number of halogens is 1. The van der Waals surface area contributed by atoms with Crippen molar-refractivity contribution >= 4 is 28.8 Å². The second-order valence-electron chi connectivity index (χ2n) is 10.2. The highest BCUT2D eigenvalue weighted by atomic mass is 19.1. The van der Waals surface area contributed by atoms with Crippen LogP contribution in [-0.2, 0) is 4.74 Å². The fourth-order valence-electron chi connectivity index (χ4n) is 4.87. The molecule has 0 atom stereocenters. The summed E-state index contributed by atoms with van der Waals surface area (Å²) < 4.78 is 48.8. The molecule has 0 unspecified atom stereocenters. The van der Waals surface area contributed by atoms with Gasteiger partial charge >= 0.3 is 6.03 Å². The van der Waals surface area contributed by atoms with Crippen molar-refractivity contribution in [2.75, 3.05) is 65.8 Å². The van der Waals surface area contributed by atoms with Crippen molar-refractivity contribution in [3.05, 3.63) is 72.2 Å².